The van der Waals surface area contributed by atoms with E-state index in [9.17, 15) is 0 Å². The molecule has 0 amide bonds. The molecule has 0 radical (unpaired) electrons. The Hall–Kier alpha value is -1.75. The third kappa shape index (κ3) is 2.45. The SMILES string of the molecule is COc1cccc2c1nc(N)n2CCN1CCCCC1. The Morgan fingerprint density at radius 3 is 2.75 bits per heavy atom. The van der Waals surface area contributed by atoms with Crippen molar-refractivity contribution in [3.63, 3.8) is 0 Å². The average molecular weight is 274 g/mol. The zero-order chi connectivity index (χ0) is 13.9. The van der Waals surface area contributed by atoms with E-state index in [2.05, 4.69) is 20.5 Å². The van der Waals surface area contributed by atoms with Crippen molar-refractivity contribution >= 4 is 17.0 Å². The molecule has 5 nitrogen and oxygen atoms in total. The van der Waals surface area contributed by atoms with Gasteiger partial charge < -0.3 is 19.9 Å². The van der Waals surface area contributed by atoms with Gasteiger partial charge in [0.25, 0.3) is 0 Å². The van der Waals surface area contributed by atoms with Gasteiger partial charge in [-0.1, -0.05) is 12.5 Å². The average Bonchev–Trinajstić information content (AvgIpc) is 2.81. The number of likely N-dealkylation sites (tertiary alicyclic amines) is 1. The maximum absolute atomic E-state index is 6.07. The summed E-state index contributed by atoms with van der Waals surface area (Å²) in [6.45, 7) is 4.33. The van der Waals surface area contributed by atoms with Gasteiger partial charge in [-0.2, -0.15) is 0 Å². The number of hydrogen-bond donors (Lipinski definition) is 1. The van der Waals surface area contributed by atoms with Crippen molar-refractivity contribution in [3.05, 3.63) is 18.2 Å². The molecule has 5 heteroatoms. The van der Waals surface area contributed by atoms with Gasteiger partial charge in [0.15, 0.2) is 0 Å². The molecular formula is C15H22N4O. The zero-order valence-electron chi connectivity index (χ0n) is 12.0. The number of fused-ring (bicyclic) bond motifs is 1. The maximum atomic E-state index is 6.07. The smallest absolute Gasteiger partial charge is 0.201 e. The Morgan fingerprint density at radius 1 is 1.20 bits per heavy atom. The molecule has 1 aliphatic heterocycles. The lowest BCUT2D eigenvalue weighted by molar-refractivity contribution is 0.222. The molecule has 1 aromatic heterocycles. The topological polar surface area (TPSA) is 56.3 Å². The number of benzene rings is 1. The summed E-state index contributed by atoms with van der Waals surface area (Å²) in [6.07, 6.45) is 3.99. The fourth-order valence-electron chi connectivity index (χ4n) is 2.96. The number of nitrogen functional groups attached to an aromatic ring is 1. The molecule has 20 heavy (non-hydrogen) atoms. The normalized spacial score (nSPS) is 16.6. The van der Waals surface area contributed by atoms with E-state index in [-0.39, 0.29) is 0 Å². The number of anilines is 1. The quantitative estimate of drug-likeness (QED) is 0.927. The molecule has 0 unspecified atom stereocenters. The summed E-state index contributed by atoms with van der Waals surface area (Å²) in [4.78, 5) is 6.95. The summed E-state index contributed by atoms with van der Waals surface area (Å²) in [5, 5.41) is 0. The molecule has 0 bridgehead atoms. The fraction of sp³-hybridized carbons (Fsp3) is 0.533. The Bertz CT molecular complexity index is 587. The molecule has 0 aliphatic carbocycles. The summed E-state index contributed by atoms with van der Waals surface area (Å²) in [7, 11) is 1.66. The highest BCUT2D eigenvalue weighted by atomic mass is 16.5. The number of nitrogens with two attached hydrogens (primary N) is 1. The van der Waals surface area contributed by atoms with E-state index in [1.54, 1.807) is 7.11 Å². The second-order valence-electron chi connectivity index (χ2n) is 5.35. The van der Waals surface area contributed by atoms with Crippen LogP contribution in [0.1, 0.15) is 19.3 Å². The van der Waals surface area contributed by atoms with Crippen LogP contribution in [-0.4, -0.2) is 41.2 Å². The van der Waals surface area contributed by atoms with E-state index in [1.807, 2.05) is 12.1 Å². The van der Waals surface area contributed by atoms with Crippen molar-refractivity contribution in [3.8, 4) is 5.75 Å². The highest BCUT2D eigenvalue weighted by Gasteiger charge is 2.14. The lowest BCUT2D eigenvalue weighted by Gasteiger charge is -2.26. The highest BCUT2D eigenvalue weighted by Crippen LogP contribution is 2.26. The van der Waals surface area contributed by atoms with Crippen LogP contribution in [0.15, 0.2) is 18.2 Å². The third-order valence-electron chi connectivity index (χ3n) is 4.08. The van der Waals surface area contributed by atoms with Crippen LogP contribution in [0.25, 0.3) is 11.0 Å². The van der Waals surface area contributed by atoms with Crippen LogP contribution < -0.4 is 10.5 Å². The monoisotopic (exact) mass is 274 g/mol. The van der Waals surface area contributed by atoms with Gasteiger partial charge in [-0.15, -0.1) is 0 Å². The second kappa shape index (κ2) is 5.71. The lowest BCUT2D eigenvalue weighted by atomic mass is 10.1. The molecule has 1 aromatic carbocycles. The molecule has 0 spiro atoms. The van der Waals surface area contributed by atoms with Crippen LogP contribution in [0.2, 0.25) is 0 Å². The number of imidazole rings is 1. The Balaban J connectivity index is 1.82. The number of methoxy groups -OCH3 is 1. The Kier molecular flexibility index (Phi) is 3.78. The minimum Gasteiger partial charge on any atom is -0.494 e. The van der Waals surface area contributed by atoms with Crippen molar-refractivity contribution in [2.75, 3.05) is 32.5 Å². The number of aromatic nitrogens is 2. The molecule has 1 fully saturated rings. The predicted molar refractivity (Wildman–Crippen MR) is 81.0 cm³/mol. The van der Waals surface area contributed by atoms with Crippen molar-refractivity contribution in [2.24, 2.45) is 0 Å². The van der Waals surface area contributed by atoms with Gasteiger partial charge in [-0.25, -0.2) is 4.98 Å². The Morgan fingerprint density at radius 2 is 2.00 bits per heavy atom. The molecule has 3 rings (SSSR count). The number of para-hydroxylation sites is 1. The molecule has 108 valence electrons. The van der Waals surface area contributed by atoms with Crippen LogP contribution >= 0.6 is 0 Å². The van der Waals surface area contributed by atoms with Crippen molar-refractivity contribution < 1.29 is 4.74 Å². The van der Waals surface area contributed by atoms with E-state index in [0.717, 1.165) is 29.9 Å². The number of piperidine rings is 1. The molecule has 0 atom stereocenters. The standard InChI is InChI=1S/C15H22N4O/c1-20-13-7-5-6-12-14(13)17-15(16)19(12)11-10-18-8-3-2-4-9-18/h5-7H,2-4,8-11H2,1H3,(H2,16,17). The van der Waals surface area contributed by atoms with Gasteiger partial charge in [0.05, 0.1) is 12.6 Å². The first kappa shape index (κ1) is 13.2. The molecule has 0 saturated carbocycles. The molecule has 1 aliphatic rings. The van der Waals surface area contributed by atoms with E-state index in [0.29, 0.717) is 5.95 Å². The van der Waals surface area contributed by atoms with Gasteiger partial charge in [0.1, 0.15) is 11.3 Å². The molecule has 2 heterocycles. The number of hydrogen-bond acceptors (Lipinski definition) is 4. The highest BCUT2D eigenvalue weighted by molar-refractivity contribution is 5.84. The largest absolute Gasteiger partial charge is 0.494 e. The van der Waals surface area contributed by atoms with E-state index >= 15 is 0 Å². The maximum Gasteiger partial charge on any atom is 0.201 e. The lowest BCUT2D eigenvalue weighted by Crippen LogP contribution is -2.32. The summed E-state index contributed by atoms with van der Waals surface area (Å²) in [5.74, 6) is 1.35. The van der Waals surface area contributed by atoms with Crippen LogP contribution in [0.5, 0.6) is 5.75 Å². The minimum atomic E-state index is 0.571. The van der Waals surface area contributed by atoms with Gasteiger partial charge in [0, 0.05) is 13.1 Å². The van der Waals surface area contributed by atoms with Crippen LogP contribution in [0, 0.1) is 0 Å². The van der Waals surface area contributed by atoms with E-state index in [4.69, 9.17) is 10.5 Å². The predicted octanol–water partition coefficient (Wildman–Crippen LogP) is 2.11. The molecular weight excluding hydrogens is 252 g/mol. The minimum absolute atomic E-state index is 0.571. The number of ether oxygens (including phenoxy) is 1. The van der Waals surface area contributed by atoms with Crippen molar-refractivity contribution in [1.29, 1.82) is 0 Å². The molecule has 2 N–H and O–H groups in total. The molecule has 1 saturated heterocycles. The summed E-state index contributed by atoms with van der Waals surface area (Å²) >= 11 is 0. The number of rotatable bonds is 4. The van der Waals surface area contributed by atoms with Crippen molar-refractivity contribution in [2.45, 2.75) is 25.8 Å². The van der Waals surface area contributed by atoms with E-state index < -0.39 is 0 Å². The van der Waals surface area contributed by atoms with Gasteiger partial charge in [0.2, 0.25) is 5.95 Å². The number of nitrogens with zero attached hydrogens (tertiary/aromatic N) is 3. The summed E-state index contributed by atoms with van der Waals surface area (Å²) in [6, 6.07) is 5.96. The van der Waals surface area contributed by atoms with Gasteiger partial charge in [-0.3, -0.25) is 0 Å². The van der Waals surface area contributed by atoms with Gasteiger partial charge in [-0.05, 0) is 38.1 Å². The zero-order valence-corrected chi connectivity index (χ0v) is 12.0. The first-order valence-electron chi connectivity index (χ1n) is 7.30. The third-order valence-corrected chi connectivity index (χ3v) is 4.08. The first-order chi connectivity index (χ1) is 9.79. The summed E-state index contributed by atoms with van der Waals surface area (Å²) in [5.41, 5.74) is 7.98. The second-order valence-corrected chi connectivity index (χ2v) is 5.35. The fourth-order valence-corrected chi connectivity index (χ4v) is 2.96. The van der Waals surface area contributed by atoms with E-state index in [1.165, 1.54) is 32.4 Å². The van der Waals surface area contributed by atoms with Crippen LogP contribution in [0.3, 0.4) is 0 Å². The Labute approximate surface area is 119 Å². The van der Waals surface area contributed by atoms with Crippen LogP contribution in [0.4, 0.5) is 5.95 Å². The van der Waals surface area contributed by atoms with Crippen LogP contribution in [-0.2, 0) is 6.54 Å². The first-order valence-corrected chi connectivity index (χ1v) is 7.30. The van der Waals surface area contributed by atoms with Crippen molar-refractivity contribution in [1.82, 2.24) is 14.5 Å². The van der Waals surface area contributed by atoms with Gasteiger partial charge >= 0.3 is 0 Å². The summed E-state index contributed by atoms with van der Waals surface area (Å²) < 4.78 is 7.44. The molecule has 2 aromatic rings.